The van der Waals surface area contributed by atoms with Crippen LogP contribution in [0.2, 0.25) is 0 Å². The predicted octanol–water partition coefficient (Wildman–Crippen LogP) is 2.84. The van der Waals surface area contributed by atoms with Crippen LogP contribution in [0.3, 0.4) is 0 Å². The van der Waals surface area contributed by atoms with Crippen molar-refractivity contribution in [2.75, 3.05) is 11.3 Å². The molecule has 0 saturated carbocycles. The molecule has 2 rings (SSSR count). The molecule has 2 aromatic carbocycles. The number of hydrogen-bond donors (Lipinski definition) is 3. The first kappa shape index (κ1) is 19.9. The summed E-state index contributed by atoms with van der Waals surface area (Å²) in [6.07, 6.45) is 0.295. The molecule has 26 heavy (non-hydrogen) atoms. The minimum absolute atomic E-state index is 0.0286. The second-order valence-electron chi connectivity index (χ2n) is 5.39. The lowest BCUT2D eigenvalue weighted by Gasteiger charge is -2.09. The van der Waals surface area contributed by atoms with Gasteiger partial charge in [0.25, 0.3) is 15.9 Å². The Bertz CT molecular complexity index is 880. The first-order chi connectivity index (χ1) is 12.3. The van der Waals surface area contributed by atoms with Gasteiger partial charge in [-0.1, -0.05) is 15.9 Å². The number of rotatable bonds is 8. The van der Waals surface area contributed by atoms with E-state index in [-0.39, 0.29) is 23.8 Å². The van der Waals surface area contributed by atoms with E-state index in [2.05, 4.69) is 26.0 Å². The number of amides is 1. The largest absolute Gasteiger partial charge is 0.481 e. The average Bonchev–Trinajstić information content (AvgIpc) is 2.60. The van der Waals surface area contributed by atoms with E-state index in [9.17, 15) is 18.0 Å². The number of halogens is 1. The Labute approximate surface area is 159 Å². The minimum atomic E-state index is -3.76. The summed E-state index contributed by atoms with van der Waals surface area (Å²) in [6, 6.07) is 12.2. The van der Waals surface area contributed by atoms with Crippen LogP contribution in [-0.4, -0.2) is 31.9 Å². The molecule has 0 saturated heterocycles. The highest BCUT2D eigenvalue weighted by molar-refractivity contribution is 9.10. The van der Waals surface area contributed by atoms with Gasteiger partial charge in [0.15, 0.2) is 0 Å². The fourth-order valence-electron chi connectivity index (χ4n) is 2.06. The van der Waals surface area contributed by atoms with Gasteiger partial charge in [0.2, 0.25) is 0 Å². The van der Waals surface area contributed by atoms with Crippen molar-refractivity contribution in [1.29, 1.82) is 0 Å². The second-order valence-corrected chi connectivity index (χ2v) is 7.99. The van der Waals surface area contributed by atoms with E-state index in [0.717, 1.165) is 4.47 Å². The van der Waals surface area contributed by atoms with Crippen LogP contribution < -0.4 is 10.0 Å². The van der Waals surface area contributed by atoms with Gasteiger partial charge in [-0.25, -0.2) is 8.42 Å². The quantitative estimate of drug-likeness (QED) is 0.546. The Hall–Kier alpha value is -2.39. The van der Waals surface area contributed by atoms with E-state index in [1.54, 1.807) is 24.3 Å². The molecule has 1 amide bonds. The van der Waals surface area contributed by atoms with Crippen molar-refractivity contribution < 1.29 is 23.1 Å². The first-order valence-corrected chi connectivity index (χ1v) is 9.94. The molecular formula is C17H17BrN2O5S. The zero-order valence-electron chi connectivity index (χ0n) is 13.6. The van der Waals surface area contributed by atoms with Crippen LogP contribution in [0.25, 0.3) is 0 Å². The summed E-state index contributed by atoms with van der Waals surface area (Å²) >= 11 is 3.28. The minimum Gasteiger partial charge on any atom is -0.481 e. The number of aliphatic carboxylic acids is 1. The summed E-state index contributed by atoms with van der Waals surface area (Å²) in [7, 11) is -3.76. The molecule has 0 radical (unpaired) electrons. The zero-order valence-corrected chi connectivity index (χ0v) is 16.0. The highest BCUT2D eigenvalue weighted by Gasteiger charge is 2.15. The average molecular weight is 441 g/mol. The Morgan fingerprint density at radius 2 is 1.62 bits per heavy atom. The summed E-state index contributed by atoms with van der Waals surface area (Å²) in [5.41, 5.74) is 0.719. The van der Waals surface area contributed by atoms with E-state index in [0.29, 0.717) is 17.7 Å². The molecule has 0 fully saturated rings. The smallest absolute Gasteiger partial charge is 0.303 e. The molecule has 0 aliphatic rings. The summed E-state index contributed by atoms with van der Waals surface area (Å²) in [6.45, 7) is 0.232. The molecule has 0 unspecified atom stereocenters. The van der Waals surface area contributed by atoms with Crippen LogP contribution >= 0.6 is 15.9 Å². The summed E-state index contributed by atoms with van der Waals surface area (Å²) in [4.78, 5) is 22.4. The molecule has 0 aliphatic carbocycles. The van der Waals surface area contributed by atoms with Gasteiger partial charge in [-0.15, -0.1) is 0 Å². The maximum absolute atomic E-state index is 12.4. The number of carboxylic acids is 1. The maximum atomic E-state index is 12.4. The van der Waals surface area contributed by atoms with Crippen LogP contribution in [-0.2, 0) is 14.8 Å². The third kappa shape index (κ3) is 5.85. The lowest BCUT2D eigenvalue weighted by atomic mass is 10.2. The van der Waals surface area contributed by atoms with Gasteiger partial charge in [0.05, 0.1) is 4.90 Å². The van der Waals surface area contributed by atoms with Gasteiger partial charge < -0.3 is 10.4 Å². The Morgan fingerprint density at radius 1 is 1.00 bits per heavy atom. The molecule has 7 nitrogen and oxygen atoms in total. The lowest BCUT2D eigenvalue weighted by Crippen LogP contribution is -2.25. The molecule has 0 atom stereocenters. The number of anilines is 1. The predicted molar refractivity (Wildman–Crippen MR) is 101 cm³/mol. The highest BCUT2D eigenvalue weighted by Crippen LogP contribution is 2.19. The summed E-state index contributed by atoms with van der Waals surface area (Å²) < 4.78 is 28.0. The topological polar surface area (TPSA) is 113 Å². The van der Waals surface area contributed by atoms with Crippen molar-refractivity contribution in [3.8, 4) is 0 Å². The van der Waals surface area contributed by atoms with E-state index in [4.69, 9.17) is 5.11 Å². The normalized spacial score (nSPS) is 11.0. The fourth-order valence-corrected chi connectivity index (χ4v) is 3.38. The van der Waals surface area contributed by atoms with Gasteiger partial charge in [0, 0.05) is 28.7 Å². The number of carbonyl (C=O) groups excluding carboxylic acids is 1. The van der Waals surface area contributed by atoms with Crippen molar-refractivity contribution in [3.63, 3.8) is 0 Å². The van der Waals surface area contributed by atoms with Crippen molar-refractivity contribution in [3.05, 3.63) is 58.6 Å². The van der Waals surface area contributed by atoms with Crippen LogP contribution in [0.1, 0.15) is 23.2 Å². The number of carbonyl (C=O) groups is 2. The molecule has 9 heteroatoms. The van der Waals surface area contributed by atoms with Crippen LogP contribution in [0.5, 0.6) is 0 Å². The number of benzene rings is 2. The summed E-state index contributed by atoms with van der Waals surface area (Å²) in [5.74, 6) is -1.31. The van der Waals surface area contributed by atoms with Gasteiger partial charge in [0.1, 0.15) is 0 Å². The van der Waals surface area contributed by atoms with E-state index in [1.807, 2.05) is 0 Å². The Balaban J connectivity index is 2.00. The molecular weight excluding hydrogens is 424 g/mol. The standard InChI is InChI=1S/C17H17BrN2O5S/c18-13-5-7-14(8-6-13)20-26(24,25)15-9-3-12(4-10-15)17(23)19-11-1-2-16(21)22/h3-10,20H,1-2,11H2,(H,19,23)(H,21,22). The third-order valence-corrected chi connectivity index (χ3v) is 5.30. The number of sulfonamides is 1. The molecule has 2 aromatic rings. The highest BCUT2D eigenvalue weighted by atomic mass is 79.9. The van der Waals surface area contributed by atoms with E-state index in [1.165, 1.54) is 24.3 Å². The molecule has 0 spiro atoms. The molecule has 0 aliphatic heterocycles. The molecule has 138 valence electrons. The molecule has 0 bridgehead atoms. The maximum Gasteiger partial charge on any atom is 0.303 e. The van der Waals surface area contributed by atoms with E-state index < -0.39 is 16.0 Å². The number of carboxylic acid groups (broad SMARTS) is 1. The van der Waals surface area contributed by atoms with Crippen LogP contribution in [0, 0.1) is 0 Å². The Morgan fingerprint density at radius 3 is 2.19 bits per heavy atom. The third-order valence-electron chi connectivity index (χ3n) is 3.38. The molecule has 0 aromatic heterocycles. The second kappa shape index (κ2) is 8.81. The Kier molecular flexibility index (Phi) is 6.76. The van der Waals surface area contributed by atoms with Gasteiger partial charge >= 0.3 is 5.97 Å². The van der Waals surface area contributed by atoms with Crippen molar-refractivity contribution in [1.82, 2.24) is 5.32 Å². The van der Waals surface area contributed by atoms with E-state index >= 15 is 0 Å². The fraction of sp³-hybridized carbons (Fsp3) is 0.176. The van der Waals surface area contributed by atoms with Gasteiger partial charge in [-0.2, -0.15) is 0 Å². The van der Waals surface area contributed by atoms with Crippen LogP contribution in [0.15, 0.2) is 57.9 Å². The van der Waals surface area contributed by atoms with Crippen molar-refractivity contribution >= 4 is 43.5 Å². The molecule has 3 N–H and O–H groups in total. The van der Waals surface area contributed by atoms with Gasteiger partial charge in [-0.3, -0.25) is 14.3 Å². The zero-order chi connectivity index (χ0) is 19.2. The van der Waals surface area contributed by atoms with Crippen LogP contribution in [0.4, 0.5) is 5.69 Å². The first-order valence-electron chi connectivity index (χ1n) is 7.66. The van der Waals surface area contributed by atoms with Crippen molar-refractivity contribution in [2.24, 2.45) is 0 Å². The molecule has 0 heterocycles. The monoisotopic (exact) mass is 440 g/mol. The van der Waals surface area contributed by atoms with Gasteiger partial charge in [-0.05, 0) is 55.0 Å². The number of nitrogens with one attached hydrogen (secondary N) is 2. The number of hydrogen-bond acceptors (Lipinski definition) is 4. The SMILES string of the molecule is O=C(O)CCCNC(=O)c1ccc(S(=O)(=O)Nc2ccc(Br)cc2)cc1. The van der Waals surface area contributed by atoms with Crippen molar-refractivity contribution in [2.45, 2.75) is 17.7 Å². The summed E-state index contributed by atoms with van der Waals surface area (Å²) in [5, 5.41) is 11.1. The lowest BCUT2D eigenvalue weighted by molar-refractivity contribution is -0.137.